The van der Waals surface area contributed by atoms with E-state index in [0.717, 1.165) is 15.4 Å². The number of hydrogen-bond donors (Lipinski definition) is 1. The van der Waals surface area contributed by atoms with Crippen LogP contribution in [0.4, 0.5) is 10.5 Å². The second-order valence-electron chi connectivity index (χ2n) is 7.36. The molecule has 2 aromatic rings. The number of nitrogens with one attached hydrogen (secondary N) is 1. The molecule has 1 fully saturated rings. The summed E-state index contributed by atoms with van der Waals surface area (Å²) < 4.78 is 11.3. The van der Waals surface area contributed by atoms with E-state index in [4.69, 9.17) is 9.47 Å². The first-order chi connectivity index (χ1) is 15.7. The normalized spacial score (nSPS) is 13.8. The van der Waals surface area contributed by atoms with E-state index in [1.165, 1.54) is 20.2 Å². The van der Waals surface area contributed by atoms with Gasteiger partial charge in [-0.05, 0) is 49.2 Å². The number of anilines is 1. The first kappa shape index (κ1) is 23.5. The van der Waals surface area contributed by atoms with Crippen LogP contribution in [0.15, 0.2) is 48.0 Å². The minimum atomic E-state index is -0.690. The predicted molar refractivity (Wildman–Crippen MR) is 122 cm³/mol. The van der Waals surface area contributed by atoms with Gasteiger partial charge in [-0.3, -0.25) is 24.2 Å². The minimum Gasteiger partial charge on any atom is -0.490 e. The van der Waals surface area contributed by atoms with Crippen molar-refractivity contribution in [3.8, 4) is 11.5 Å². The van der Waals surface area contributed by atoms with Crippen LogP contribution in [0.1, 0.15) is 18.1 Å². The van der Waals surface area contributed by atoms with Gasteiger partial charge < -0.3 is 14.8 Å². The number of barbiturate groups is 1. The Morgan fingerprint density at radius 3 is 2.27 bits per heavy atom. The molecule has 0 saturated carbocycles. The Kier molecular flexibility index (Phi) is 7.12. The summed E-state index contributed by atoms with van der Waals surface area (Å²) in [7, 11) is 2.62. The van der Waals surface area contributed by atoms with Crippen molar-refractivity contribution in [2.75, 3.05) is 32.6 Å². The largest absolute Gasteiger partial charge is 0.490 e. The molecule has 0 bridgehead atoms. The summed E-state index contributed by atoms with van der Waals surface area (Å²) in [5, 5.41) is 2.79. The van der Waals surface area contributed by atoms with Crippen molar-refractivity contribution in [1.82, 2.24) is 9.80 Å². The number of imide groups is 2. The predicted octanol–water partition coefficient (Wildman–Crippen LogP) is 2.85. The fraction of sp³-hybridized carbons (Fsp3) is 0.250. The molecule has 2 aromatic carbocycles. The zero-order valence-electron chi connectivity index (χ0n) is 18.9. The van der Waals surface area contributed by atoms with Gasteiger partial charge >= 0.3 is 6.03 Å². The number of para-hydroxylation sites is 1. The Hall–Kier alpha value is -4.14. The second-order valence-corrected chi connectivity index (χ2v) is 7.36. The summed E-state index contributed by atoms with van der Waals surface area (Å²) in [5.41, 5.74) is 1.99. The summed E-state index contributed by atoms with van der Waals surface area (Å²) in [6.45, 7) is 3.79. The fourth-order valence-electron chi connectivity index (χ4n) is 3.19. The third-order valence-electron chi connectivity index (χ3n) is 5.00. The lowest BCUT2D eigenvalue weighted by atomic mass is 10.1. The van der Waals surface area contributed by atoms with Crippen LogP contribution in [0.5, 0.6) is 11.5 Å². The molecule has 0 atom stereocenters. The monoisotopic (exact) mass is 451 g/mol. The van der Waals surface area contributed by atoms with Crippen LogP contribution in [0.3, 0.4) is 0 Å². The van der Waals surface area contributed by atoms with Gasteiger partial charge in [-0.15, -0.1) is 0 Å². The highest BCUT2D eigenvalue weighted by Gasteiger charge is 2.37. The lowest BCUT2D eigenvalue weighted by Crippen LogP contribution is -2.52. The molecule has 5 amide bonds. The molecule has 1 aliphatic heterocycles. The van der Waals surface area contributed by atoms with Gasteiger partial charge in [-0.25, -0.2) is 4.79 Å². The number of carbonyl (C=O) groups is 4. The molecule has 0 unspecified atom stereocenters. The molecule has 1 heterocycles. The Morgan fingerprint density at radius 1 is 0.970 bits per heavy atom. The molecule has 0 aromatic heterocycles. The quantitative estimate of drug-likeness (QED) is 0.513. The van der Waals surface area contributed by atoms with Gasteiger partial charge in [-0.2, -0.15) is 0 Å². The number of carbonyl (C=O) groups excluding carboxylic acids is 4. The van der Waals surface area contributed by atoms with Gasteiger partial charge in [-0.1, -0.05) is 24.3 Å². The topological polar surface area (TPSA) is 105 Å². The smallest absolute Gasteiger partial charge is 0.333 e. The number of benzene rings is 2. The summed E-state index contributed by atoms with van der Waals surface area (Å²) >= 11 is 0. The highest BCUT2D eigenvalue weighted by molar-refractivity contribution is 6.30. The van der Waals surface area contributed by atoms with Crippen LogP contribution >= 0.6 is 0 Å². The number of aryl methyl sites for hydroxylation is 1. The molecule has 0 spiro atoms. The van der Waals surface area contributed by atoms with Crippen molar-refractivity contribution in [2.24, 2.45) is 0 Å². The van der Waals surface area contributed by atoms with E-state index >= 15 is 0 Å². The van der Waals surface area contributed by atoms with Crippen LogP contribution in [-0.2, 0) is 14.4 Å². The third kappa shape index (κ3) is 5.20. The standard InChI is InChI=1S/C24H25N3O6/c1-5-32-20-13-16(12-17-22(29)26(3)24(31)27(4)23(17)30)10-11-19(20)33-14-21(28)25-18-9-7-6-8-15(18)2/h6-13H,5,14H2,1-4H3,(H,25,28). The Labute approximate surface area is 191 Å². The average molecular weight is 451 g/mol. The van der Waals surface area contributed by atoms with Crippen LogP contribution in [0.2, 0.25) is 0 Å². The summed E-state index contributed by atoms with van der Waals surface area (Å²) in [5.74, 6) is -1.01. The Morgan fingerprint density at radius 2 is 1.64 bits per heavy atom. The van der Waals surface area contributed by atoms with Gasteiger partial charge in [0.05, 0.1) is 6.61 Å². The van der Waals surface area contributed by atoms with E-state index in [9.17, 15) is 19.2 Å². The van der Waals surface area contributed by atoms with E-state index in [2.05, 4.69) is 5.32 Å². The molecular weight excluding hydrogens is 426 g/mol. The summed E-state index contributed by atoms with van der Waals surface area (Å²) in [6.07, 6.45) is 1.39. The van der Waals surface area contributed by atoms with Crippen LogP contribution < -0.4 is 14.8 Å². The van der Waals surface area contributed by atoms with Crippen molar-refractivity contribution in [3.05, 3.63) is 59.2 Å². The molecule has 172 valence electrons. The van der Waals surface area contributed by atoms with Gasteiger partial charge in [0.25, 0.3) is 17.7 Å². The highest BCUT2D eigenvalue weighted by Crippen LogP contribution is 2.30. The first-order valence-corrected chi connectivity index (χ1v) is 10.3. The van der Waals surface area contributed by atoms with Crippen molar-refractivity contribution in [2.45, 2.75) is 13.8 Å². The Bertz CT molecular complexity index is 1110. The zero-order chi connectivity index (χ0) is 24.1. The van der Waals surface area contributed by atoms with Crippen LogP contribution in [0, 0.1) is 6.92 Å². The lowest BCUT2D eigenvalue weighted by molar-refractivity contribution is -0.134. The number of ether oxygens (including phenoxy) is 2. The molecular formula is C24H25N3O6. The van der Waals surface area contributed by atoms with Crippen molar-refractivity contribution in [1.29, 1.82) is 0 Å². The maximum atomic E-state index is 12.4. The summed E-state index contributed by atoms with van der Waals surface area (Å²) in [4.78, 5) is 50.8. The highest BCUT2D eigenvalue weighted by atomic mass is 16.5. The van der Waals surface area contributed by atoms with Gasteiger partial charge in [0.15, 0.2) is 18.1 Å². The van der Waals surface area contributed by atoms with E-state index in [-0.39, 0.29) is 18.1 Å². The Balaban J connectivity index is 1.78. The first-order valence-electron chi connectivity index (χ1n) is 10.3. The number of urea groups is 1. The molecule has 33 heavy (non-hydrogen) atoms. The van der Waals surface area contributed by atoms with E-state index in [1.54, 1.807) is 31.2 Å². The summed E-state index contributed by atoms with van der Waals surface area (Å²) in [6, 6.07) is 11.5. The number of amides is 5. The number of rotatable bonds is 7. The SMILES string of the molecule is CCOc1cc(C=C2C(=O)N(C)C(=O)N(C)C2=O)ccc1OCC(=O)Nc1ccccc1C. The number of likely N-dealkylation sites (N-methyl/N-ethyl adjacent to an activating group) is 2. The van der Waals surface area contributed by atoms with Gasteiger partial charge in [0.2, 0.25) is 0 Å². The average Bonchev–Trinajstić information content (AvgIpc) is 2.80. The van der Waals surface area contributed by atoms with Crippen molar-refractivity contribution < 1.29 is 28.7 Å². The molecule has 9 heteroatoms. The number of nitrogens with zero attached hydrogens (tertiary/aromatic N) is 2. The van der Waals surface area contributed by atoms with Crippen LogP contribution in [0.25, 0.3) is 6.08 Å². The maximum absolute atomic E-state index is 12.4. The van der Waals surface area contributed by atoms with Gasteiger partial charge in [0.1, 0.15) is 5.57 Å². The fourth-order valence-corrected chi connectivity index (χ4v) is 3.19. The molecule has 1 N–H and O–H groups in total. The molecule has 0 radical (unpaired) electrons. The zero-order valence-corrected chi connectivity index (χ0v) is 18.9. The second kappa shape index (κ2) is 9.99. The van der Waals surface area contributed by atoms with E-state index in [1.807, 2.05) is 25.1 Å². The molecule has 9 nitrogen and oxygen atoms in total. The lowest BCUT2D eigenvalue weighted by Gasteiger charge is -2.28. The minimum absolute atomic E-state index is 0.145. The molecule has 1 aliphatic rings. The maximum Gasteiger partial charge on any atom is 0.333 e. The molecule has 0 aliphatic carbocycles. The number of hydrogen-bond acceptors (Lipinski definition) is 6. The van der Waals surface area contributed by atoms with E-state index in [0.29, 0.717) is 29.4 Å². The van der Waals surface area contributed by atoms with Gasteiger partial charge in [0, 0.05) is 19.8 Å². The van der Waals surface area contributed by atoms with Crippen LogP contribution in [-0.4, -0.2) is 60.9 Å². The third-order valence-corrected chi connectivity index (χ3v) is 5.00. The van der Waals surface area contributed by atoms with Crippen molar-refractivity contribution in [3.63, 3.8) is 0 Å². The van der Waals surface area contributed by atoms with Crippen molar-refractivity contribution >= 4 is 35.5 Å². The van der Waals surface area contributed by atoms with E-state index < -0.39 is 17.8 Å². The molecule has 3 rings (SSSR count). The molecule has 1 saturated heterocycles.